The second-order valence-electron chi connectivity index (χ2n) is 5.69. The zero-order valence-electron chi connectivity index (χ0n) is 14.3. The number of thiazole rings is 1. The highest BCUT2D eigenvalue weighted by atomic mass is 35.5. The number of nitrogens with zero attached hydrogens (tertiary/aromatic N) is 3. The third-order valence-corrected chi connectivity index (χ3v) is 6.84. The molecule has 0 spiro atoms. The molecule has 0 saturated carbocycles. The van der Waals surface area contributed by atoms with E-state index in [1.54, 1.807) is 48.9 Å². The minimum Gasteiger partial charge on any atom is -0.315 e. The summed E-state index contributed by atoms with van der Waals surface area (Å²) in [5.74, 6) is 0.131. The first kappa shape index (κ1) is 18.5. The lowest BCUT2D eigenvalue weighted by atomic mass is 10.2. The van der Waals surface area contributed by atoms with E-state index in [-0.39, 0.29) is 20.8 Å². The molecule has 6 nitrogen and oxygen atoms in total. The Kier molecular flexibility index (Phi) is 5.08. The van der Waals surface area contributed by atoms with Crippen LogP contribution in [0.5, 0.6) is 0 Å². The van der Waals surface area contributed by atoms with E-state index in [2.05, 4.69) is 20.3 Å². The van der Waals surface area contributed by atoms with Gasteiger partial charge in [0.1, 0.15) is 10.0 Å². The Bertz CT molecular complexity index is 1210. The van der Waals surface area contributed by atoms with Gasteiger partial charge in [-0.05, 0) is 42.0 Å². The molecule has 3 aromatic heterocycles. The summed E-state index contributed by atoms with van der Waals surface area (Å²) in [6, 6.07) is 14.8. The Balaban J connectivity index is 1.72. The second-order valence-corrected chi connectivity index (χ2v) is 9.02. The van der Waals surface area contributed by atoms with Crippen molar-refractivity contribution in [2.75, 3.05) is 5.32 Å². The highest BCUT2D eigenvalue weighted by Crippen LogP contribution is 2.33. The van der Waals surface area contributed by atoms with Crippen molar-refractivity contribution in [1.82, 2.24) is 15.0 Å². The van der Waals surface area contributed by atoms with Crippen LogP contribution in [0.2, 0.25) is 5.15 Å². The Hall–Kier alpha value is -2.81. The number of hydrogen-bond acceptors (Lipinski definition) is 7. The third-order valence-electron chi connectivity index (χ3n) is 3.86. The molecule has 4 aromatic rings. The molecule has 4 rings (SSSR count). The highest BCUT2D eigenvalue weighted by Gasteiger charge is 2.23. The van der Waals surface area contributed by atoms with Crippen LogP contribution in [0.1, 0.15) is 0 Å². The zero-order valence-corrected chi connectivity index (χ0v) is 16.7. The van der Waals surface area contributed by atoms with Gasteiger partial charge in [-0.25, -0.2) is 18.4 Å². The molecule has 0 amide bonds. The maximum atomic E-state index is 13.0. The minimum atomic E-state index is -3.77. The van der Waals surface area contributed by atoms with Crippen LogP contribution in [0, 0.1) is 0 Å². The normalized spacial score (nSPS) is 11.3. The smallest absolute Gasteiger partial charge is 0.210 e. The zero-order chi connectivity index (χ0) is 19.6. The van der Waals surface area contributed by atoms with E-state index >= 15 is 0 Å². The van der Waals surface area contributed by atoms with Gasteiger partial charge in [0.25, 0.3) is 0 Å². The van der Waals surface area contributed by atoms with Crippen LogP contribution in [-0.2, 0) is 9.84 Å². The summed E-state index contributed by atoms with van der Waals surface area (Å²) in [6.45, 7) is 0. The summed E-state index contributed by atoms with van der Waals surface area (Å²) in [7, 11) is -3.77. The Morgan fingerprint density at radius 3 is 2.46 bits per heavy atom. The van der Waals surface area contributed by atoms with Crippen molar-refractivity contribution in [3.05, 3.63) is 78.3 Å². The van der Waals surface area contributed by atoms with Gasteiger partial charge in [0.05, 0.1) is 9.77 Å². The molecule has 28 heavy (non-hydrogen) atoms. The first-order valence-electron chi connectivity index (χ1n) is 8.14. The molecule has 0 atom stereocenters. The van der Waals surface area contributed by atoms with Crippen LogP contribution in [0.4, 0.5) is 10.9 Å². The monoisotopic (exact) mass is 428 g/mol. The fourth-order valence-electron chi connectivity index (χ4n) is 2.54. The standard InChI is InChI=1S/C19H13ClN4O2S2/c20-17-7-6-16(28(25,26)14-4-2-1-3-5-14)18(23-17)24-19-22-12-15(27-19)13-8-10-21-11-9-13/h1-12H,(H,22,23,24). The number of anilines is 2. The minimum absolute atomic E-state index is 0.0313. The third kappa shape index (κ3) is 3.75. The van der Waals surface area contributed by atoms with Gasteiger partial charge in [0.15, 0.2) is 10.9 Å². The van der Waals surface area contributed by atoms with Crippen LogP contribution in [0.15, 0.2) is 83.0 Å². The Morgan fingerprint density at radius 2 is 1.71 bits per heavy atom. The van der Waals surface area contributed by atoms with Crippen LogP contribution < -0.4 is 5.32 Å². The van der Waals surface area contributed by atoms with E-state index < -0.39 is 9.84 Å². The van der Waals surface area contributed by atoms with Gasteiger partial charge in [0, 0.05) is 18.6 Å². The van der Waals surface area contributed by atoms with Crippen molar-refractivity contribution in [3.8, 4) is 10.4 Å². The lowest BCUT2D eigenvalue weighted by molar-refractivity contribution is 0.596. The number of benzene rings is 1. The average Bonchev–Trinajstić information content (AvgIpc) is 3.18. The number of sulfone groups is 1. The predicted molar refractivity (Wildman–Crippen MR) is 110 cm³/mol. The fourth-order valence-corrected chi connectivity index (χ4v) is 4.87. The molecular weight excluding hydrogens is 416 g/mol. The van der Waals surface area contributed by atoms with Gasteiger partial charge in [-0.2, -0.15) is 0 Å². The summed E-state index contributed by atoms with van der Waals surface area (Å²) in [5, 5.41) is 3.68. The fraction of sp³-hybridized carbons (Fsp3) is 0. The summed E-state index contributed by atoms with van der Waals surface area (Å²) in [4.78, 5) is 13.6. The molecule has 9 heteroatoms. The van der Waals surface area contributed by atoms with Crippen molar-refractivity contribution in [3.63, 3.8) is 0 Å². The number of aromatic nitrogens is 3. The quantitative estimate of drug-likeness (QED) is 0.458. The largest absolute Gasteiger partial charge is 0.315 e. The van der Waals surface area contributed by atoms with Crippen molar-refractivity contribution in [2.45, 2.75) is 9.79 Å². The van der Waals surface area contributed by atoms with Crippen LogP contribution in [0.25, 0.3) is 10.4 Å². The molecule has 0 aliphatic carbocycles. The maximum absolute atomic E-state index is 13.0. The molecule has 3 heterocycles. The first-order valence-corrected chi connectivity index (χ1v) is 10.8. The molecule has 1 N–H and O–H groups in total. The molecule has 0 bridgehead atoms. The van der Waals surface area contributed by atoms with Gasteiger partial charge >= 0.3 is 0 Å². The van der Waals surface area contributed by atoms with E-state index in [1.165, 1.54) is 23.5 Å². The van der Waals surface area contributed by atoms with Crippen LogP contribution in [-0.4, -0.2) is 23.4 Å². The maximum Gasteiger partial charge on any atom is 0.210 e. The molecule has 140 valence electrons. The molecule has 1 aromatic carbocycles. The van der Waals surface area contributed by atoms with E-state index in [0.717, 1.165) is 10.4 Å². The molecule has 0 aliphatic heterocycles. The lowest BCUT2D eigenvalue weighted by Gasteiger charge is -2.10. The molecule has 0 saturated heterocycles. The van der Waals surface area contributed by atoms with E-state index in [1.807, 2.05) is 12.1 Å². The molecule has 0 aliphatic rings. The topological polar surface area (TPSA) is 84.8 Å². The van der Waals surface area contributed by atoms with Crippen LogP contribution >= 0.6 is 22.9 Å². The van der Waals surface area contributed by atoms with Gasteiger partial charge in [-0.1, -0.05) is 41.1 Å². The lowest BCUT2D eigenvalue weighted by Crippen LogP contribution is -2.07. The van der Waals surface area contributed by atoms with Crippen molar-refractivity contribution in [2.24, 2.45) is 0 Å². The Labute approximate surface area is 170 Å². The number of rotatable bonds is 5. The number of nitrogens with one attached hydrogen (secondary N) is 1. The SMILES string of the molecule is O=S(=O)(c1ccccc1)c1ccc(Cl)nc1Nc1ncc(-c2ccncc2)s1. The predicted octanol–water partition coefficient (Wildman–Crippen LogP) is 4.83. The van der Waals surface area contributed by atoms with E-state index in [9.17, 15) is 8.42 Å². The summed E-state index contributed by atoms with van der Waals surface area (Å²) in [6.07, 6.45) is 5.11. The first-order chi connectivity index (χ1) is 13.5. The van der Waals surface area contributed by atoms with Gasteiger partial charge < -0.3 is 5.32 Å². The number of pyridine rings is 2. The van der Waals surface area contributed by atoms with Crippen molar-refractivity contribution < 1.29 is 8.42 Å². The van der Waals surface area contributed by atoms with Gasteiger partial charge in [-0.15, -0.1) is 0 Å². The van der Waals surface area contributed by atoms with Crippen molar-refractivity contribution in [1.29, 1.82) is 0 Å². The van der Waals surface area contributed by atoms with Crippen LogP contribution in [0.3, 0.4) is 0 Å². The Morgan fingerprint density at radius 1 is 0.964 bits per heavy atom. The molecule has 0 radical (unpaired) electrons. The summed E-state index contributed by atoms with van der Waals surface area (Å²) >= 11 is 7.38. The summed E-state index contributed by atoms with van der Waals surface area (Å²) < 4.78 is 26.1. The average molecular weight is 429 g/mol. The van der Waals surface area contributed by atoms with Crippen molar-refractivity contribution >= 4 is 43.7 Å². The highest BCUT2D eigenvalue weighted by molar-refractivity contribution is 7.91. The van der Waals surface area contributed by atoms with Gasteiger partial charge in [-0.3, -0.25) is 4.98 Å². The summed E-state index contributed by atoms with van der Waals surface area (Å²) in [5.41, 5.74) is 0.969. The van der Waals surface area contributed by atoms with E-state index in [0.29, 0.717) is 5.13 Å². The van der Waals surface area contributed by atoms with E-state index in [4.69, 9.17) is 11.6 Å². The number of halogens is 1. The van der Waals surface area contributed by atoms with Gasteiger partial charge in [0.2, 0.25) is 9.84 Å². The molecular formula is C19H13ClN4O2S2. The second kappa shape index (κ2) is 7.67. The molecule has 0 unspecified atom stereocenters. The molecule has 0 fully saturated rings. The number of hydrogen-bond donors (Lipinski definition) is 1.